The van der Waals surface area contributed by atoms with E-state index in [1.165, 1.54) is 6.07 Å². The number of aliphatic carboxylic acids is 1. The average molecular weight is 318 g/mol. The Kier molecular flexibility index (Phi) is 4.36. The topological polar surface area (TPSA) is 74.7 Å². The van der Waals surface area contributed by atoms with Crippen LogP contribution in [-0.2, 0) is 14.8 Å². The second-order valence-corrected chi connectivity index (χ2v) is 7.17. The summed E-state index contributed by atoms with van der Waals surface area (Å²) in [7, 11) is -3.88. The Morgan fingerprint density at radius 3 is 2.70 bits per heavy atom. The maximum atomic E-state index is 12.6. The standard InChI is InChI=1S/C13H16ClNO4S/c1-9-5-6-12(10(14)8-9)20(18,19)15-7-3-2-4-11(15)13(16)17/h5-6,8,11H,2-4,7H2,1H3,(H,16,17)/t11-/m0/s1. The molecule has 1 heterocycles. The predicted octanol–water partition coefficient (Wildman–Crippen LogP) is 2.28. The lowest BCUT2D eigenvalue weighted by molar-refractivity contribution is -0.142. The van der Waals surface area contributed by atoms with Gasteiger partial charge in [0, 0.05) is 6.54 Å². The number of halogens is 1. The van der Waals surface area contributed by atoms with Crippen molar-refractivity contribution in [3.8, 4) is 0 Å². The van der Waals surface area contributed by atoms with Crippen LogP contribution in [0, 0.1) is 6.92 Å². The first-order chi connectivity index (χ1) is 9.34. The fraction of sp³-hybridized carbons (Fsp3) is 0.462. The van der Waals surface area contributed by atoms with Gasteiger partial charge in [-0.3, -0.25) is 4.79 Å². The van der Waals surface area contributed by atoms with E-state index in [1.807, 2.05) is 6.92 Å². The third kappa shape index (κ3) is 2.82. The second kappa shape index (κ2) is 5.71. The summed E-state index contributed by atoms with van der Waals surface area (Å²) < 4.78 is 26.3. The summed E-state index contributed by atoms with van der Waals surface area (Å²) in [5.41, 5.74) is 0.849. The van der Waals surface area contributed by atoms with E-state index in [1.54, 1.807) is 12.1 Å². The van der Waals surface area contributed by atoms with E-state index in [2.05, 4.69) is 0 Å². The summed E-state index contributed by atoms with van der Waals surface area (Å²) >= 11 is 6.01. The van der Waals surface area contributed by atoms with Crippen molar-refractivity contribution in [2.45, 2.75) is 37.1 Å². The van der Waals surface area contributed by atoms with Crippen molar-refractivity contribution >= 4 is 27.6 Å². The van der Waals surface area contributed by atoms with Crippen LogP contribution in [0.1, 0.15) is 24.8 Å². The molecule has 1 atom stereocenters. The zero-order valence-electron chi connectivity index (χ0n) is 11.0. The van der Waals surface area contributed by atoms with Gasteiger partial charge in [0.05, 0.1) is 5.02 Å². The highest BCUT2D eigenvalue weighted by atomic mass is 35.5. The molecule has 0 saturated carbocycles. The van der Waals surface area contributed by atoms with E-state index in [0.29, 0.717) is 19.3 Å². The molecule has 0 spiro atoms. The summed E-state index contributed by atoms with van der Waals surface area (Å²) in [6, 6.07) is 3.64. The highest BCUT2D eigenvalue weighted by molar-refractivity contribution is 7.89. The molecule has 1 N–H and O–H groups in total. The first-order valence-corrected chi connectivity index (χ1v) is 8.16. The number of sulfonamides is 1. The molecule has 1 fully saturated rings. The number of piperidine rings is 1. The molecule has 0 aromatic heterocycles. The number of rotatable bonds is 3. The number of hydrogen-bond donors (Lipinski definition) is 1. The van der Waals surface area contributed by atoms with E-state index in [4.69, 9.17) is 11.6 Å². The first-order valence-electron chi connectivity index (χ1n) is 6.35. The molecule has 0 aliphatic carbocycles. The molecule has 2 rings (SSSR count). The molecule has 110 valence electrons. The second-order valence-electron chi connectivity index (χ2n) is 4.90. The fourth-order valence-corrected chi connectivity index (χ4v) is 4.61. The van der Waals surface area contributed by atoms with E-state index in [-0.39, 0.29) is 16.5 Å². The SMILES string of the molecule is Cc1ccc(S(=O)(=O)N2CCCC[C@H]2C(=O)O)c(Cl)c1. The zero-order valence-corrected chi connectivity index (χ0v) is 12.6. The van der Waals surface area contributed by atoms with E-state index in [0.717, 1.165) is 9.87 Å². The Hall–Kier alpha value is -1.11. The van der Waals surface area contributed by atoms with E-state index >= 15 is 0 Å². The Morgan fingerprint density at radius 1 is 1.40 bits per heavy atom. The summed E-state index contributed by atoms with van der Waals surface area (Å²) in [5.74, 6) is -1.11. The number of benzene rings is 1. The lowest BCUT2D eigenvalue weighted by Gasteiger charge is -2.32. The Bertz CT molecular complexity index is 629. The molecule has 0 radical (unpaired) electrons. The Balaban J connectivity index is 2.45. The average Bonchev–Trinajstić information content (AvgIpc) is 2.38. The van der Waals surface area contributed by atoms with Crippen LogP contribution in [-0.4, -0.2) is 36.4 Å². The van der Waals surface area contributed by atoms with Crippen LogP contribution in [0.25, 0.3) is 0 Å². The Labute approximate surface area is 123 Å². The largest absolute Gasteiger partial charge is 0.480 e. The maximum Gasteiger partial charge on any atom is 0.322 e. The quantitative estimate of drug-likeness (QED) is 0.928. The monoisotopic (exact) mass is 317 g/mol. The minimum atomic E-state index is -3.88. The van der Waals surface area contributed by atoms with Crippen molar-refractivity contribution in [1.82, 2.24) is 4.31 Å². The maximum absolute atomic E-state index is 12.6. The van der Waals surface area contributed by atoms with Gasteiger partial charge < -0.3 is 5.11 Å². The fourth-order valence-electron chi connectivity index (χ4n) is 2.38. The normalized spacial score (nSPS) is 20.8. The third-order valence-electron chi connectivity index (χ3n) is 3.41. The van der Waals surface area contributed by atoms with Gasteiger partial charge >= 0.3 is 5.97 Å². The summed E-state index contributed by atoms with van der Waals surface area (Å²) in [6.45, 7) is 2.02. The van der Waals surface area contributed by atoms with Gasteiger partial charge in [0.25, 0.3) is 0 Å². The summed E-state index contributed by atoms with van der Waals surface area (Å²) in [4.78, 5) is 11.2. The van der Waals surface area contributed by atoms with Crippen LogP contribution in [0.3, 0.4) is 0 Å². The van der Waals surface area contributed by atoms with Crippen LogP contribution < -0.4 is 0 Å². The number of nitrogens with zero attached hydrogens (tertiary/aromatic N) is 1. The molecule has 7 heteroatoms. The molecular formula is C13H16ClNO4S. The van der Waals surface area contributed by atoms with Gasteiger partial charge in [-0.25, -0.2) is 8.42 Å². The lowest BCUT2D eigenvalue weighted by Crippen LogP contribution is -2.47. The van der Waals surface area contributed by atoms with Crippen molar-refractivity contribution in [1.29, 1.82) is 0 Å². The molecule has 20 heavy (non-hydrogen) atoms. The van der Waals surface area contributed by atoms with Crippen molar-refractivity contribution in [3.63, 3.8) is 0 Å². The van der Waals surface area contributed by atoms with Crippen molar-refractivity contribution < 1.29 is 18.3 Å². The van der Waals surface area contributed by atoms with Gasteiger partial charge in [0.2, 0.25) is 10.0 Å². The molecule has 0 unspecified atom stereocenters. The van der Waals surface area contributed by atoms with Crippen molar-refractivity contribution in [2.24, 2.45) is 0 Å². The molecule has 1 aliphatic heterocycles. The Morgan fingerprint density at radius 2 is 2.10 bits per heavy atom. The van der Waals surface area contributed by atoms with Crippen molar-refractivity contribution in [3.05, 3.63) is 28.8 Å². The third-order valence-corrected chi connectivity index (χ3v) is 5.80. The molecule has 0 amide bonds. The van der Waals surface area contributed by atoms with Crippen LogP contribution in [0.5, 0.6) is 0 Å². The zero-order chi connectivity index (χ0) is 14.9. The van der Waals surface area contributed by atoms with Gasteiger partial charge in [0.15, 0.2) is 0 Å². The van der Waals surface area contributed by atoms with E-state index in [9.17, 15) is 18.3 Å². The molecule has 1 aromatic carbocycles. The molecular weight excluding hydrogens is 302 g/mol. The predicted molar refractivity (Wildman–Crippen MR) is 75.4 cm³/mol. The molecule has 1 aliphatic rings. The van der Waals surface area contributed by atoms with Gasteiger partial charge in [-0.15, -0.1) is 0 Å². The molecule has 5 nitrogen and oxygen atoms in total. The van der Waals surface area contributed by atoms with Crippen LogP contribution in [0.4, 0.5) is 0 Å². The van der Waals surface area contributed by atoms with Crippen LogP contribution >= 0.6 is 11.6 Å². The summed E-state index contributed by atoms with van der Waals surface area (Å²) in [5, 5.41) is 9.32. The smallest absolute Gasteiger partial charge is 0.322 e. The number of carboxylic acid groups (broad SMARTS) is 1. The van der Waals surface area contributed by atoms with Gasteiger partial charge in [-0.1, -0.05) is 17.7 Å². The highest BCUT2D eigenvalue weighted by Crippen LogP contribution is 2.30. The minimum absolute atomic E-state index is 0.0297. The van der Waals surface area contributed by atoms with Gasteiger partial charge in [-0.2, -0.15) is 4.31 Å². The van der Waals surface area contributed by atoms with Gasteiger partial charge in [0.1, 0.15) is 10.9 Å². The molecule has 1 saturated heterocycles. The number of carbonyl (C=O) groups is 1. The molecule has 0 bridgehead atoms. The van der Waals surface area contributed by atoms with Crippen molar-refractivity contribution in [2.75, 3.05) is 6.54 Å². The number of carboxylic acids is 1. The van der Waals surface area contributed by atoms with E-state index < -0.39 is 22.0 Å². The number of hydrogen-bond acceptors (Lipinski definition) is 3. The highest BCUT2D eigenvalue weighted by Gasteiger charge is 2.38. The molecule has 1 aromatic rings. The van der Waals surface area contributed by atoms with Crippen LogP contribution in [0.2, 0.25) is 5.02 Å². The first kappa shape index (κ1) is 15.3. The lowest BCUT2D eigenvalue weighted by atomic mass is 10.1. The minimum Gasteiger partial charge on any atom is -0.480 e. The van der Waals surface area contributed by atoms with Gasteiger partial charge in [-0.05, 0) is 43.9 Å². The van der Waals surface area contributed by atoms with Crippen LogP contribution in [0.15, 0.2) is 23.1 Å². The number of aryl methyl sites for hydroxylation is 1. The summed E-state index contributed by atoms with van der Waals surface area (Å²) in [6.07, 6.45) is 1.70.